The number of piperazine rings is 1. The number of carboxylic acids is 1. The van der Waals surface area contributed by atoms with Crippen LogP contribution in [0.4, 0.5) is 0 Å². The van der Waals surface area contributed by atoms with Crippen LogP contribution in [0.2, 0.25) is 0 Å². The number of aromatic nitrogens is 1. The molecule has 160 valence electrons. The highest BCUT2D eigenvalue weighted by atomic mass is 16.4. The van der Waals surface area contributed by atoms with Crippen LogP contribution in [0.15, 0.2) is 24.3 Å². The van der Waals surface area contributed by atoms with Gasteiger partial charge in [0, 0.05) is 54.4 Å². The van der Waals surface area contributed by atoms with Crippen LogP contribution in [0.5, 0.6) is 0 Å². The zero-order valence-electron chi connectivity index (χ0n) is 17.9. The Morgan fingerprint density at radius 2 is 1.63 bits per heavy atom. The number of aliphatic carboxylic acids is 1. The van der Waals surface area contributed by atoms with E-state index in [1.807, 2.05) is 25.1 Å². The highest BCUT2D eigenvalue weighted by Crippen LogP contribution is 2.55. The average Bonchev–Trinajstić information content (AvgIpc) is 3.04. The summed E-state index contributed by atoms with van der Waals surface area (Å²) in [4.78, 5) is 20.8. The van der Waals surface area contributed by atoms with Gasteiger partial charge in [0.15, 0.2) is 0 Å². The van der Waals surface area contributed by atoms with E-state index in [2.05, 4.69) is 20.9 Å². The van der Waals surface area contributed by atoms with Gasteiger partial charge in [0.05, 0.1) is 0 Å². The van der Waals surface area contributed by atoms with Crippen LogP contribution >= 0.6 is 0 Å². The van der Waals surface area contributed by atoms with E-state index in [0.29, 0.717) is 0 Å². The highest BCUT2D eigenvalue weighted by molar-refractivity contribution is 5.90. The molecule has 4 aliphatic carbocycles. The van der Waals surface area contributed by atoms with Gasteiger partial charge in [0.2, 0.25) is 0 Å². The number of rotatable bonds is 4. The number of aromatic amines is 1. The predicted molar refractivity (Wildman–Crippen MR) is 117 cm³/mol. The van der Waals surface area contributed by atoms with Crippen molar-refractivity contribution in [3.8, 4) is 0 Å². The third-order valence-corrected chi connectivity index (χ3v) is 8.76. The fourth-order valence-electron chi connectivity index (χ4n) is 7.90. The average molecular weight is 408 g/mol. The van der Waals surface area contributed by atoms with E-state index >= 15 is 0 Å². The number of hydrogen-bond acceptors (Lipinski definition) is 3. The van der Waals surface area contributed by atoms with Crippen molar-refractivity contribution in [2.75, 3.05) is 26.2 Å². The molecule has 30 heavy (non-hydrogen) atoms. The van der Waals surface area contributed by atoms with Gasteiger partial charge < -0.3 is 10.1 Å². The van der Waals surface area contributed by atoms with E-state index in [9.17, 15) is 9.90 Å². The standard InChI is InChI=1S/C25H33N3O2/c1-15-22(20-4-2-3-5-21(20)26-15)24(25(29)30)28-8-6-27(7-9-28)23-18-11-16-10-17(13-18)14-19(23)12-16/h2-5,16-19,23-24,26H,6-14H2,1H3,(H,29,30)/t16?,17?,18?,19?,23?,24-/m1/s1. The van der Waals surface area contributed by atoms with Crippen molar-refractivity contribution in [2.24, 2.45) is 23.7 Å². The number of nitrogens with one attached hydrogen (secondary N) is 1. The predicted octanol–water partition coefficient (Wildman–Crippen LogP) is 4.04. The minimum Gasteiger partial charge on any atom is -0.480 e. The van der Waals surface area contributed by atoms with E-state index in [-0.39, 0.29) is 0 Å². The molecule has 0 unspecified atom stereocenters. The molecule has 1 aliphatic heterocycles. The first-order valence-corrected chi connectivity index (χ1v) is 11.9. The van der Waals surface area contributed by atoms with Crippen molar-refractivity contribution >= 4 is 16.9 Å². The second-order valence-electron chi connectivity index (χ2n) is 10.4. The molecule has 2 aromatic rings. The summed E-state index contributed by atoms with van der Waals surface area (Å²) in [7, 11) is 0. The van der Waals surface area contributed by atoms with E-state index in [0.717, 1.165) is 78.1 Å². The molecule has 0 radical (unpaired) electrons. The minimum absolute atomic E-state index is 0.568. The Balaban J connectivity index is 1.22. The van der Waals surface area contributed by atoms with Crippen molar-refractivity contribution < 1.29 is 9.90 Å². The van der Waals surface area contributed by atoms with Gasteiger partial charge in [-0.15, -0.1) is 0 Å². The summed E-state index contributed by atoms with van der Waals surface area (Å²) in [5.41, 5.74) is 2.96. The molecular formula is C25H33N3O2. The molecule has 4 saturated carbocycles. The number of aryl methyl sites for hydroxylation is 1. The summed E-state index contributed by atoms with van der Waals surface area (Å²) in [6.45, 7) is 5.73. The number of nitrogens with zero attached hydrogens (tertiary/aromatic N) is 2. The molecule has 5 aliphatic rings. The second-order valence-corrected chi connectivity index (χ2v) is 10.4. The topological polar surface area (TPSA) is 59.6 Å². The summed E-state index contributed by atoms with van der Waals surface area (Å²) in [5.74, 6) is 3.08. The summed E-state index contributed by atoms with van der Waals surface area (Å²) >= 11 is 0. The lowest BCUT2D eigenvalue weighted by atomic mass is 9.54. The number of carboxylic acid groups (broad SMARTS) is 1. The minimum atomic E-state index is -0.731. The first-order chi connectivity index (χ1) is 14.6. The Kier molecular flexibility index (Phi) is 4.47. The number of hydrogen-bond donors (Lipinski definition) is 2. The first kappa shape index (κ1) is 18.9. The molecule has 7 rings (SSSR count). The summed E-state index contributed by atoms with van der Waals surface area (Å²) < 4.78 is 0. The zero-order valence-corrected chi connectivity index (χ0v) is 17.9. The Morgan fingerprint density at radius 1 is 1.00 bits per heavy atom. The Hall–Kier alpha value is -1.85. The van der Waals surface area contributed by atoms with Crippen LogP contribution < -0.4 is 0 Å². The van der Waals surface area contributed by atoms with Crippen LogP contribution in [-0.2, 0) is 4.79 Å². The lowest BCUT2D eigenvalue weighted by molar-refractivity contribution is -0.145. The Labute approximate surface area is 178 Å². The molecular weight excluding hydrogens is 374 g/mol. The van der Waals surface area contributed by atoms with Gasteiger partial charge in [-0.1, -0.05) is 18.2 Å². The maximum Gasteiger partial charge on any atom is 0.325 e. The van der Waals surface area contributed by atoms with Gasteiger partial charge in [-0.3, -0.25) is 14.6 Å². The van der Waals surface area contributed by atoms with Crippen LogP contribution in [0.3, 0.4) is 0 Å². The monoisotopic (exact) mass is 407 g/mol. The molecule has 5 heteroatoms. The molecule has 4 bridgehead atoms. The highest BCUT2D eigenvalue weighted by Gasteiger charge is 2.50. The number of fused-ring (bicyclic) bond motifs is 1. The van der Waals surface area contributed by atoms with E-state index < -0.39 is 12.0 Å². The van der Waals surface area contributed by atoms with Gasteiger partial charge in [0.1, 0.15) is 6.04 Å². The molecule has 1 saturated heterocycles. The molecule has 5 nitrogen and oxygen atoms in total. The van der Waals surface area contributed by atoms with Crippen molar-refractivity contribution in [3.63, 3.8) is 0 Å². The zero-order chi connectivity index (χ0) is 20.4. The summed E-state index contributed by atoms with van der Waals surface area (Å²) in [6, 6.07) is 8.29. The van der Waals surface area contributed by atoms with Crippen molar-refractivity contribution in [3.05, 3.63) is 35.5 Å². The normalized spacial score (nSPS) is 35.2. The van der Waals surface area contributed by atoms with E-state index in [1.165, 1.54) is 32.1 Å². The van der Waals surface area contributed by atoms with Crippen LogP contribution in [-0.4, -0.2) is 58.1 Å². The molecule has 2 heterocycles. The Bertz CT molecular complexity index is 930. The fraction of sp³-hybridized carbons (Fsp3) is 0.640. The van der Waals surface area contributed by atoms with Crippen LogP contribution in [0.1, 0.15) is 49.4 Å². The van der Waals surface area contributed by atoms with Gasteiger partial charge in [-0.05, 0) is 68.8 Å². The molecule has 0 spiro atoms. The SMILES string of the molecule is Cc1[nH]c2ccccc2c1[C@H](C(=O)O)N1CCN(C2C3CC4CC(C3)CC2C4)CC1. The second kappa shape index (κ2) is 7.10. The molecule has 2 N–H and O–H groups in total. The van der Waals surface area contributed by atoms with Crippen molar-refractivity contribution in [2.45, 2.75) is 51.1 Å². The lowest BCUT2D eigenvalue weighted by Crippen LogP contribution is -2.60. The molecule has 5 fully saturated rings. The van der Waals surface area contributed by atoms with Gasteiger partial charge in [-0.2, -0.15) is 0 Å². The largest absolute Gasteiger partial charge is 0.480 e. The van der Waals surface area contributed by atoms with Gasteiger partial charge in [0.25, 0.3) is 0 Å². The fourth-order valence-corrected chi connectivity index (χ4v) is 7.90. The van der Waals surface area contributed by atoms with E-state index in [1.54, 1.807) is 0 Å². The third-order valence-electron chi connectivity index (χ3n) is 8.76. The smallest absolute Gasteiger partial charge is 0.325 e. The molecule has 0 amide bonds. The maximum atomic E-state index is 12.4. The number of para-hydroxylation sites is 1. The Morgan fingerprint density at radius 3 is 2.27 bits per heavy atom. The number of carbonyl (C=O) groups is 1. The van der Waals surface area contributed by atoms with Crippen molar-refractivity contribution in [1.29, 1.82) is 0 Å². The molecule has 1 atom stereocenters. The molecule has 1 aromatic carbocycles. The van der Waals surface area contributed by atoms with Crippen LogP contribution in [0.25, 0.3) is 10.9 Å². The lowest BCUT2D eigenvalue weighted by Gasteiger charge is -2.58. The van der Waals surface area contributed by atoms with E-state index in [4.69, 9.17) is 0 Å². The third kappa shape index (κ3) is 2.93. The molecule has 1 aromatic heterocycles. The van der Waals surface area contributed by atoms with Crippen molar-refractivity contribution in [1.82, 2.24) is 14.8 Å². The number of benzene rings is 1. The summed E-state index contributed by atoms with van der Waals surface area (Å²) in [6.07, 6.45) is 7.29. The van der Waals surface area contributed by atoms with Gasteiger partial charge >= 0.3 is 5.97 Å². The van der Waals surface area contributed by atoms with Crippen LogP contribution in [0, 0.1) is 30.6 Å². The quantitative estimate of drug-likeness (QED) is 0.803. The summed E-state index contributed by atoms with van der Waals surface area (Å²) in [5, 5.41) is 11.2. The maximum absolute atomic E-state index is 12.4. The first-order valence-electron chi connectivity index (χ1n) is 11.9. The van der Waals surface area contributed by atoms with Gasteiger partial charge in [-0.25, -0.2) is 0 Å². The number of H-pyrrole nitrogens is 1.